The maximum absolute atomic E-state index is 11.8. The fourth-order valence-electron chi connectivity index (χ4n) is 1.10. The van der Waals surface area contributed by atoms with E-state index in [1.54, 1.807) is 12.2 Å². The molecule has 0 aromatic heterocycles. The molecule has 3 N–H and O–H groups in total. The first-order valence-corrected chi connectivity index (χ1v) is 4.50. The van der Waals surface area contributed by atoms with Crippen molar-refractivity contribution >= 4 is 11.6 Å². The van der Waals surface area contributed by atoms with Gasteiger partial charge in [-0.3, -0.25) is 4.79 Å². The summed E-state index contributed by atoms with van der Waals surface area (Å²) in [6.07, 6.45) is -4.40. The van der Waals surface area contributed by atoms with Gasteiger partial charge in [0.1, 0.15) is 6.54 Å². The average molecular weight is 232 g/mol. The van der Waals surface area contributed by atoms with Crippen LogP contribution in [-0.2, 0) is 0 Å². The number of alkyl halides is 3. The van der Waals surface area contributed by atoms with Crippen molar-refractivity contribution in [3.05, 3.63) is 29.3 Å². The molecule has 1 rings (SSSR count). The molecule has 1 aromatic carbocycles. The number of carbonyl (C=O) groups is 1. The standard InChI is InChI=1S/C10H11F3N2O/c1-6-4-7(2-3-8(6)14)9(16)15-5-10(11,12)13/h2-4H,5,14H2,1H3,(H,15,16). The van der Waals surface area contributed by atoms with Gasteiger partial charge in [0.25, 0.3) is 5.91 Å². The van der Waals surface area contributed by atoms with E-state index in [1.807, 2.05) is 0 Å². The Morgan fingerprint density at radius 1 is 1.44 bits per heavy atom. The van der Waals surface area contributed by atoms with E-state index >= 15 is 0 Å². The van der Waals surface area contributed by atoms with E-state index in [1.165, 1.54) is 18.2 Å². The zero-order valence-corrected chi connectivity index (χ0v) is 8.56. The van der Waals surface area contributed by atoms with E-state index in [9.17, 15) is 18.0 Å². The van der Waals surface area contributed by atoms with Crippen molar-refractivity contribution in [1.29, 1.82) is 0 Å². The largest absolute Gasteiger partial charge is 0.405 e. The Morgan fingerprint density at radius 2 is 2.06 bits per heavy atom. The van der Waals surface area contributed by atoms with Gasteiger partial charge in [-0.15, -0.1) is 0 Å². The number of halogens is 3. The van der Waals surface area contributed by atoms with Gasteiger partial charge in [0, 0.05) is 11.3 Å². The lowest BCUT2D eigenvalue weighted by molar-refractivity contribution is -0.123. The normalized spacial score (nSPS) is 11.2. The number of nitrogens with two attached hydrogens (primary N) is 1. The predicted octanol–water partition coefficient (Wildman–Crippen LogP) is 1.87. The van der Waals surface area contributed by atoms with Crippen molar-refractivity contribution in [2.45, 2.75) is 13.1 Å². The van der Waals surface area contributed by atoms with Crippen molar-refractivity contribution in [3.8, 4) is 0 Å². The summed E-state index contributed by atoms with van der Waals surface area (Å²) in [7, 11) is 0. The van der Waals surface area contributed by atoms with Crippen LogP contribution in [-0.4, -0.2) is 18.6 Å². The minimum absolute atomic E-state index is 0.163. The highest BCUT2D eigenvalue weighted by atomic mass is 19.4. The van der Waals surface area contributed by atoms with Gasteiger partial charge in [0.15, 0.2) is 0 Å². The van der Waals surface area contributed by atoms with Crippen LogP contribution in [0.1, 0.15) is 15.9 Å². The SMILES string of the molecule is Cc1cc(C(=O)NCC(F)(F)F)ccc1N. The van der Waals surface area contributed by atoms with Crippen LogP contribution in [0.2, 0.25) is 0 Å². The maximum Gasteiger partial charge on any atom is 0.405 e. The van der Waals surface area contributed by atoms with Crippen LogP contribution in [0.3, 0.4) is 0 Å². The van der Waals surface area contributed by atoms with Crippen molar-refractivity contribution in [1.82, 2.24) is 5.32 Å². The predicted molar refractivity (Wildman–Crippen MR) is 54.0 cm³/mol. The molecule has 0 radical (unpaired) electrons. The minimum atomic E-state index is -4.40. The fraction of sp³-hybridized carbons (Fsp3) is 0.300. The quantitative estimate of drug-likeness (QED) is 0.765. The van der Waals surface area contributed by atoms with E-state index in [0.29, 0.717) is 11.3 Å². The molecule has 0 saturated carbocycles. The summed E-state index contributed by atoms with van der Waals surface area (Å²) < 4.78 is 35.5. The third-order valence-electron chi connectivity index (χ3n) is 1.98. The summed E-state index contributed by atoms with van der Waals surface area (Å²) in [6.45, 7) is 0.338. The topological polar surface area (TPSA) is 55.1 Å². The molecule has 0 fully saturated rings. The highest BCUT2D eigenvalue weighted by Gasteiger charge is 2.27. The Morgan fingerprint density at radius 3 is 2.56 bits per heavy atom. The van der Waals surface area contributed by atoms with E-state index in [0.717, 1.165) is 0 Å². The molecule has 0 saturated heterocycles. The highest BCUT2D eigenvalue weighted by molar-refractivity contribution is 5.94. The van der Waals surface area contributed by atoms with Gasteiger partial charge >= 0.3 is 6.18 Å². The number of anilines is 1. The molecule has 0 atom stereocenters. The molecular weight excluding hydrogens is 221 g/mol. The van der Waals surface area contributed by atoms with Crippen LogP contribution < -0.4 is 11.1 Å². The van der Waals surface area contributed by atoms with Crippen LogP contribution in [0.5, 0.6) is 0 Å². The summed E-state index contributed by atoms with van der Waals surface area (Å²) in [5.74, 6) is -0.763. The van der Waals surface area contributed by atoms with Gasteiger partial charge in [-0.05, 0) is 30.7 Å². The molecule has 0 aliphatic carbocycles. The van der Waals surface area contributed by atoms with E-state index in [2.05, 4.69) is 0 Å². The molecule has 0 spiro atoms. The number of hydrogen-bond acceptors (Lipinski definition) is 2. The first kappa shape index (κ1) is 12.4. The number of amides is 1. The van der Waals surface area contributed by atoms with E-state index in [-0.39, 0.29) is 5.56 Å². The smallest absolute Gasteiger partial charge is 0.399 e. The Balaban J connectivity index is 2.70. The molecule has 0 aliphatic heterocycles. The van der Waals surface area contributed by atoms with Crippen LogP contribution in [0.15, 0.2) is 18.2 Å². The van der Waals surface area contributed by atoms with Crippen molar-refractivity contribution in [2.75, 3.05) is 12.3 Å². The van der Waals surface area contributed by atoms with Gasteiger partial charge in [0.05, 0.1) is 0 Å². The highest BCUT2D eigenvalue weighted by Crippen LogP contribution is 2.14. The van der Waals surface area contributed by atoms with Crippen LogP contribution in [0.4, 0.5) is 18.9 Å². The van der Waals surface area contributed by atoms with Crippen molar-refractivity contribution < 1.29 is 18.0 Å². The minimum Gasteiger partial charge on any atom is -0.399 e. The number of aryl methyl sites for hydroxylation is 1. The molecule has 0 bridgehead atoms. The Hall–Kier alpha value is -1.72. The number of carbonyl (C=O) groups excluding carboxylic acids is 1. The summed E-state index contributed by atoms with van der Waals surface area (Å²) in [5.41, 5.74) is 6.83. The molecular formula is C10H11F3N2O. The second-order valence-electron chi connectivity index (χ2n) is 3.37. The van der Waals surface area contributed by atoms with Gasteiger partial charge in [-0.1, -0.05) is 0 Å². The molecule has 0 unspecified atom stereocenters. The zero-order chi connectivity index (χ0) is 12.3. The van der Waals surface area contributed by atoms with Gasteiger partial charge in [0.2, 0.25) is 0 Å². The molecule has 6 heteroatoms. The van der Waals surface area contributed by atoms with Crippen molar-refractivity contribution in [3.63, 3.8) is 0 Å². The molecule has 0 heterocycles. The molecule has 88 valence electrons. The van der Waals surface area contributed by atoms with E-state index in [4.69, 9.17) is 5.73 Å². The zero-order valence-electron chi connectivity index (χ0n) is 8.56. The lowest BCUT2D eigenvalue weighted by Gasteiger charge is -2.09. The number of nitrogen functional groups attached to an aromatic ring is 1. The van der Waals surface area contributed by atoms with Gasteiger partial charge in [-0.2, -0.15) is 13.2 Å². The molecule has 0 aliphatic rings. The Kier molecular flexibility index (Phi) is 3.41. The van der Waals surface area contributed by atoms with Gasteiger partial charge in [-0.25, -0.2) is 0 Å². The van der Waals surface area contributed by atoms with Crippen molar-refractivity contribution in [2.24, 2.45) is 0 Å². The lowest BCUT2D eigenvalue weighted by atomic mass is 10.1. The molecule has 1 aromatic rings. The molecule has 3 nitrogen and oxygen atoms in total. The summed E-state index contributed by atoms with van der Waals surface area (Å²) in [4.78, 5) is 11.3. The second kappa shape index (κ2) is 4.42. The van der Waals surface area contributed by atoms with Crippen LogP contribution in [0.25, 0.3) is 0 Å². The van der Waals surface area contributed by atoms with Crippen LogP contribution in [0, 0.1) is 6.92 Å². The molecule has 16 heavy (non-hydrogen) atoms. The first-order chi connectivity index (χ1) is 7.29. The second-order valence-corrected chi connectivity index (χ2v) is 3.37. The summed E-state index contributed by atoms with van der Waals surface area (Å²) in [5, 5.41) is 1.78. The monoisotopic (exact) mass is 232 g/mol. The average Bonchev–Trinajstić information content (AvgIpc) is 2.17. The Labute approximate surface area is 90.4 Å². The van der Waals surface area contributed by atoms with Crippen LogP contribution >= 0.6 is 0 Å². The molecule has 1 amide bonds. The number of rotatable bonds is 2. The third-order valence-corrected chi connectivity index (χ3v) is 1.98. The third kappa shape index (κ3) is 3.45. The maximum atomic E-state index is 11.8. The summed E-state index contributed by atoms with van der Waals surface area (Å²) >= 11 is 0. The first-order valence-electron chi connectivity index (χ1n) is 4.50. The summed E-state index contributed by atoms with van der Waals surface area (Å²) in [6, 6.07) is 4.31. The fourth-order valence-corrected chi connectivity index (χ4v) is 1.10. The number of nitrogens with one attached hydrogen (secondary N) is 1. The number of hydrogen-bond donors (Lipinski definition) is 2. The van der Waals surface area contributed by atoms with E-state index < -0.39 is 18.6 Å². The number of benzene rings is 1. The lowest BCUT2D eigenvalue weighted by Crippen LogP contribution is -2.33. The van der Waals surface area contributed by atoms with Gasteiger partial charge < -0.3 is 11.1 Å². The Bertz CT molecular complexity index is 402.